The van der Waals surface area contributed by atoms with Gasteiger partial charge in [0.2, 0.25) is 0 Å². The first kappa shape index (κ1) is 15.9. The molecule has 0 aromatic heterocycles. The molecule has 20 heavy (non-hydrogen) atoms. The van der Waals surface area contributed by atoms with Crippen molar-refractivity contribution in [2.24, 2.45) is 0 Å². The SMILES string of the molecule is C[C@H]1CNCCN1Cc1cc2c(cc1Br)OCCO2.Cl. The van der Waals surface area contributed by atoms with Crippen molar-refractivity contribution in [1.29, 1.82) is 0 Å². The molecule has 1 aromatic rings. The van der Waals surface area contributed by atoms with Crippen LogP contribution in [0.25, 0.3) is 0 Å². The summed E-state index contributed by atoms with van der Waals surface area (Å²) in [6.07, 6.45) is 0. The van der Waals surface area contributed by atoms with E-state index in [1.54, 1.807) is 0 Å². The molecule has 0 saturated carbocycles. The van der Waals surface area contributed by atoms with Crippen molar-refractivity contribution in [2.45, 2.75) is 19.5 Å². The quantitative estimate of drug-likeness (QED) is 0.875. The molecule has 2 heterocycles. The molecule has 0 spiro atoms. The Balaban J connectivity index is 0.00000147. The van der Waals surface area contributed by atoms with Gasteiger partial charge in [-0.15, -0.1) is 12.4 Å². The molecule has 1 saturated heterocycles. The largest absolute Gasteiger partial charge is 0.486 e. The van der Waals surface area contributed by atoms with Crippen LogP contribution in [0, 0.1) is 0 Å². The summed E-state index contributed by atoms with van der Waals surface area (Å²) in [5, 5.41) is 3.42. The molecule has 0 aliphatic carbocycles. The highest BCUT2D eigenvalue weighted by molar-refractivity contribution is 9.10. The highest BCUT2D eigenvalue weighted by Gasteiger charge is 2.21. The number of rotatable bonds is 2. The number of nitrogens with one attached hydrogen (secondary N) is 1. The van der Waals surface area contributed by atoms with Gasteiger partial charge >= 0.3 is 0 Å². The monoisotopic (exact) mass is 362 g/mol. The van der Waals surface area contributed by atoms with E-state index < -0.39 is 0 Å². The van der Waals surface area contributed by atoms with Crippen molar-refractivity contribution >= 4 is 28.3 Å². The number of fused-ring (bicyclic) bond motifs is 1. The molecule has 0 bridgehead atoms. The van der Waals surface area contributed by atoms with Crippen molar-refractivity contribution in [3.8, 4) is 11.5 Å². The maximum atomic E-state index is 5.66. The Morgan fingerprint density at radius 3 is 2.70 bits per heavy atom. The Kier molecular flexibility index (Phi) is 5.55. The number of hydrogen-bond acceptors (Lipinski definition) is 4. The van der Waals surface area contributed by atoms with E-state index in [-0.39, 0.29) is 12.4 Å². The Labute approximate surface area is 134 Å². The molecular formula is C14H20BrClN2O2. The molecule has 1 fully saturated rings. The highest BCUT2D eigenvalue weighted by Crippen LogP contribution is 2.36. The lowest BCUT2D eigenvalue weighted by Gasteiger charge is -2.34. The van der Waals surface area contributed by atoms with Gasteiger partial charge in [0.05, 0.1) is 0 Å². The molecule has 4 nitrogen and oxygen atoms in total. The van der Waals surface area contributed by atoms with Crippen LogP contribution in [0.1, 0.15) is 12.5 Å². The highest BCUT2D eigenvalue weighted by atomic mass is 79.9. The maximum Gasteiger partial charge on any atom is 0.162 e. The van der Waals surface area contributed by atoms with Crippen LogP contribution in [0.15, 0.2) is 16.6 Å². The Bertz CT molecular complexity index is 473. The normalized spacial score (nSPS) is 22.2. The Morgan fingerprint density at radius 2 is 2.00 bits per heavy atom. The van der Waals surface area contributed by atoms with Crippen LogP contribution in [-0.2, 0) is 6.54 Å². The predicted molar refractivity (Wildman–Crippen MR) is 85.1 cm³/mol. The van der Waals surface area contributed by atoms with Crippen molar-refractivity contribution in [3.05, 3.63) is 22.2 Å². The summed E-state index contributed by atoms with van der Waals surface area (Å²) in [5.41, 5.74) is 1.26. The number of nitrogens with zero attached hydrogens (tertiary/aromatic N) is 1. The standard InChI is InChI=1S/C14H19BrN2O2.ClH/c1-10-8-16-2-3-17(10)9-11-6-13-14(7-12(11)15)19-5-4-18-13;/h6-7,10,16H,2-5,8-9H2,1H3;1H/t10-;/m0./s1. The van der Waals surface area contributed by atoms with E-state index >= 15 is 0 Å². The first-order chi connectivity index (χ1) is 9.24. The fraction of sp³-hybridized carbons (Fsp3) is 0.571. The molecule has 6 heteroatoms. The van der Waals surface area contributed by atoms with Crippen molar-refractivity contribution < 1.29 is 9.47 Å². The van der Waals surface area contributed by atoms with Crippen LogP contribution in [0.2, 0.25) is 0 Å². The lowest BCUT2D eigenvalue weighted by atomic mass is 10.1. The minimum absolute atomic E-state index is 0. The van der Waals surface area contributed by atoms with Crippen molar-refractivity contribution in [3.63, 3.8) is 0 Å². The van der Waals surface area contributed by atoms with Crippen LogP contribution < -0.4 is 14.8 Å². The maximum absolute atomic E-state index is 5.66. The third-order valence-corrected chi connectivity index (χ3v) is 4.46. The molecule has 0 amide bonds. The molecule has 0 unspecified atom stereocenters. The summed E-state index contributed by atoms with van der Waals surface area (Å²) < 4.78 is 12.3. The molecule has 1 atom stereocenters. The summed E-state index contributed by atoms with van der Waals surface area (Å²) >= 11 is 3.64. The fourth-order valence-electron chi connectivity index (χ4n) is 2.56. The topological polar surface area (TPSA) is 33.7 Å². The van der Waals surface area contributed by atoms with E-state index in [4.69, 9.17) is 9.47 Å². The summed E-state index contributed by atoms with van der Waals surface area (Å²) in [6.45, 7) is 7.68. The molecule has 2 aliphatic rings. The van der Waals surface area contributed by atoms with Gasteiger partial charge in [-0.1, -0.05) is 15.9 Å². The van der Waals surface area contributed by atoms with E-state index in [1.807, 2.05) is 6.07 Å². The lowest BCUT2D eigenvalue weighted by molar-refractivity contribution is 0.161. The Hall–Kier alpha value is -0.490. The minimum Gasteiger partial charge on any atom is -0.486 e. The van der Waals surface area contributed by atoms with Crippen LogP contribution in [-0.4, -0.2) is 43.8 Å². The summed E-state index contributed by atoms with van der Waals surface area (Å²) in [6, 6.07) is 4.69. The molecule has 2 aliphatic heterocycles. The van der Waals surface area contributed by atoms with Crippen LogP contribution >= 0.6 is 28.3 Å². The number of hydrogen-bond donors (Lipinski definition) is 1. The number of ether oxygens (including phenoxy) is 2. The van der Waals surface area contributed by atoms with Gasteiger partial charge in [-0.3, -0.25) is 4.90 Å². The van der Waals surface area contributed by atoms with Gasteiger partial charge in [0.25, 0.3) is 0 Å². The molecule has 3 rings (SSSR count). The fourth-order valence-corrected chi connectivity index (χ4v) is 3.01. The zero-order chi connectivity index (χ0) is 13.2. The second kappa shape index (κ2) is 6.98. The van der Waals surface area contributed by atoms with Gasteiger partial charge in [-0.05, 0) is 24.6 Å². The van der Waals surface area contributed by atoms with Gasteiger partial charge in [0.1, 0.15) is 13.2 Å². The van der Waals surface area contributed by atoms with Crippen LogP contribution in [0.4, 0.5) is 0 Å². The zero-order valence-corrected chi connectivity index (χ0v) is 13.9. The van der Waals surface area contributed by atoms with Crippen molar-refractivity contribution in [1.82, 2.24) is 10.2 Å². The van der Waals surface area contributed by atoms with Gasteiger partial charge in [-0.25, -0.2) is 0 Å². The van der Waals surface area contributed by atoms with Gasteiger partial charge in [-0.2, -0.15) is 0 Å². The first-order valence-electron chi connectivity index (χ1n) is 6.77. The first-order valence-corrected chi connectivity index (χ1v) is 7.56. The number of benzene rings is 1. The molecule has 0 radical (unpaired) electrons. The van der Waals surface area contributed by atoms with Gasteiger partial charge < -0.3 is 14.8 Å². The molecular weight excluding hydrogens is 344 g/mol. The van der Waals surface area contributed by atoms with E-state index in [0.717, 1.165) is 42.2 Å². The summed E-state index contributed by atoms with van der Waals surface area (Å²) in [7, 11) is 0. The third kappa shape index (κ3) is 3.39. The molecule has 1 N–H and O–H groups in total. The van der Waals surface area contributed by atoms with Gasteiger partial charge in [0, 0.05) is 36.7 Å². The van der Waals surface area contributed by atoms with E-state index in [2.05, 4.69) is 39.1 Å². The van der Waals surface area contributed by atoms with E-state index in [9.17, 15) is 0 Å². The minimum atomic E-state index is 0. The predicted octanol–water partition coefficient (Wildman–Crippen LogP) is 2.44. The van der Waals surface area contributed by atoms with E-state index in [0.29, 0.717) is 19.3 Å². The average Bonchev–Trinajstić information content (AvgIpc) is 2.42. The van der Waals surface area contributed by atoms with Gasteiger partial charge in [0.15, 0.2) is 11.5 Å². The molecule has 1 aromatic carbocycles. The lowest BCUT2D eigenvalue weighted by Crippen LogP contribution is -2.49. The molecule has 112 valence electrons. The van der Waals surface area contributed by atoms with E-state index in [1.165, 1.54) is 5.56 Å². The second-order valence-corrected chi connectivity index (χ2v) is 5.97. The number of halogens is 2. The average molecular weight is 364 g/mol. The zero-order valence-electron chi connectivity index (χ0n) is 11.5. The number of piperazine rings is 1. The Morgan fingerprint density at radius 1 is 1.30 bits per heavy atom. The third-order valence-electron chi connectivity index (χ3n) is 3.72. The smallest absolute Gasteiger partial charge is 0.162 e. The van der Waals surface area contributed by atoms with Crippen molar-refractivity contribution in [2.75, 3.05) is 32.8 Å². The van der Waals surface area contributed by atoms with Crippen LogP contribution in [0.3, 0.4) is 0 Å². The summed E-state index contributed by atoms with van der Waals surface area (Å²) in [5.74, 6) is 1.71. The summed E-state index contributed by atoms with van der Waals surface area (Å²) in [4.78, 5) is 2.49. The van der Waals surface area contributed by atoms with Crippen LogP contribution in [0.5, 0.6) is 11.5 Å². The second-order valence-electron chi connectivity index (χ2n) is 5.11.